The molecule has 2 aromatic carbocycles. The van der Waals surface area contributed by atoms with Crippen molar-refractivity contribution in [3.05, 3.63) is 75.2 Å². The number of allylic oxidation sites excluding steroid dienone is 2. The maximum absolute atomic E-state index is 13.6. The molecule has 1 N–H and O–H groups in total. The number of Topliss-reactive ketones (excluding diaryl/α,β-unsaturated/α-hetero) is 1. The van der Waals surface area contributed by atoms with Crippen LogP contribution in [-0.4, -0.2) is 20.5 Å². The molecule has 2 heterocycles. The quantitative estimate of drug-likeness (QED) is 0.509. The first kappa shape index (κ1) is 20.2. The van der Waals surface area contributed by atoms with Gasteiger partial charge in [0, 0.05) is 28.3 Å². The predicted octanol–water partition coefficient (Wildman–Crippen LogP) is 6.05. The number of ketones is 1. The van der Waals surface area contributed by atoms with E-state index in [0.29, 0.717) is 45.8 Å². The van der Waals surface area contributed by atoms with Crippen LogP contribution < -0.4 is 5.32 Å². The third-order valence-electron chi connectivity index (χ3n) is 5.69. The zero-order valence-corrected chi connectivity index (χ0v) is 18.4. The Labute approximate surface area is 188 Å². The summed E-state index contributed by atoms with van der Waals surface area (Å²) in [5.41, 5.74) is 2.72. The molecule has 2 aliphatic rings. The van der Waals surface area contributed by atoms with Crippen LogP contribution in [0, 0.1) is 11.2 Å². The van der Waals surface area contributed by atoms with E-state index in [1.165, 1.54) is 12.1 Å². The summed E-state index contributed by atoms with van der Waals surface area (Å²) in [7, 11) is 0. The van der Waals surface area contributed by atoms with E-state index in [0.717, 1.165) is 11.3 Å². The molecule has 8 heteroatoms. The number of hydrogen-bond acceptors (Lipinski definition) is 4. The average Bonchev–Trinajstić information content (AvgIpc) is 3.09. The molecule has 1 atom stereocenters. The summed E-state index contributed by atoms with van der Waals surface area (Å²) in [5, 5.41) is 8.96. The van der Waals surface area contributed by atoms with Crippen LogP contribution in [0.15, 0.2) is 53.7 Å². The fourth-order valence-electron chi connectivity index (χ4n) is 4.35. The second-order valence-corrected chi connectivity index (χ2v) is 9.58. The molecule has 0 saturated heterocycles. The van der Waals surface area contributed by atoms with Crippen LogP contribution in [0.25, 0.3) is 11.4 Å². The molecule has 0 bridgehead atoms. The Morgan fingerprint density at radius 1 is 1.13 bits per heavy atom. The van der Waals surface area contributed by atoms with Gasteiger partial charge in [0.15, 0.2) is 11.6 Å². The van der Waals surface area contributed by atoms with E-state index in [4.69, 9.17) is 23.2 Å². The average molecular weight is 457 g/mol. The number of anilines is 1. The highest BCUT2D eigenvalue weighted by Crippen LogP contribution is 2.46. The number of fused-ring (bicyclic) bond motifs is 1. The van der Waals surface area contributed by atoms with Gasteiger partial charge in [0.2, 0.25) is 5.95 Å². The molecular weight excluding hydrogens is 438 g/mol. The van der Waals surface area contributed by atoms with Crippen LogP contribution in [0.4, 0.5) is 10.3 Å². The Balaban J connectivity index is 1.68. The lowest BCUT2D eigenvalue weighted by Crippen LogP contribution is -2.36. The summed E-state index contributed by atoms with van der Waals surface area (Å²) >= 11 is 12.4. The summed E-state index contributed by atoms with van der Waals surface area (Å²) in [6, 6.07) is 10.8. The lowest BCUT2D eigenvalue weighted by atomic mass is 9.73. The molecule has 0 radical (unpaired) electrons. The number of nitrogens with zero attached hydrogens (tertiary/aromatic N) is 3. The van der Waals surface area contributed by atoms with Crippen molar-refractivity contribution in [3.8, 4) is 11.4 Å². The van der Waals surface area contributed by atoms with Crippen molar-refractivity contribution in [1.82, 2.24) is 14.8 Å². The minimum Gasteiger partial charge on any atom is -0.328 e. The van der Waals surface area contributed by atoms with E-state index < -0.39 is 6.04 Å². The lowest BCUT2D eigenvalue weighted by molar-refractivity contribution is -0.118. The van der Waals surface area contributed by atoms with Gasteiger partial charge in [0.25, 0.3) is 0 Å². The van der Waals surface area contributed by atoms with Crippen molar-refractivity contribution >= 4 is 34.9 Å². The van der Waals surface area contributed by atoms with Gasteiger partial charge in [-0.25, -0.2) is 9.07 Å². The molecule has 31 heavy (non-hydrogen) atoms. The first-order valence-electron chi connectivity index (χ1n) is 9.92. The Morgan fingerprint density at radius 3 is 2.58 bits per heavy atom. The van der Waals surface area contributed by atoms with Gasteiger partial charge in [0.1, 0.15) is 11.9 Å². The second kappa shape index (κ2) is 7.18. The maximum Gasteiger partial charge on any atom is 0.226 e. The fourth-order valence-corrected chi connectivity index (χ4v) is 4.84. The number of carbonyl (C=O) groups excluding carboxylic acids is 1. The maximum atomic E-state index is 13.6. The molecule has 5 nitrogen and oxygen atoms in total. The van der Waals surface area contributed by atoms with Crippen LogP contribution in [0.1, 0.15) is 38.3 Å². The molecule has 1 aliphatic carbocycles. The van der Waals surface area contributed by atoms with E-state index >= 15 is 0 Å². The molecule has 0 spiro atoms. The highest BCUT2D eigenvalue weighted by Gasteiger charge is 2.42. The van der Waals surface area contributed by atoms with Crippen molar-refractivity contribution < 1.29 is 9.18 Å². The predicted molar refractivity (Wildman–Crippen MR) is 119 cm³/mol. The first-order valence-corrected chi connectivity index (χ1v) is 10.7. The van der Waals surface area contributed by atoms with Crippen LogP contribution in [0.3, 0.4) is 0 Å². The summed E-state index contributed by atoms with van der Waals surface area (Å²) in [6.45, 7) is 4.14. The normalized spacial score (nSPS) is 19.6. The van der Waals surface area contributed by atoms with Gasteiger partial charge in [-0.3, -0.25) is 4.79 Å². The van der Waals surface area contributed by atoms with Crippen molar-refractivity contribution in [2.45, 2.75) is 32.7 Å². The number of carbonyl (C=O) groups is 1. The monoisotopic (exact) mass is 456 g/mol. The first-order chi connectivity index (χ1) is 14.7. The van der Waals surface area contributed by atoms with Gasteiger partial charge in [0.05, 0.1) is 5.02 Å². The molecule has 0 amide bonds. The van der Waals surface area contributed by atoms with Gasteiger partial charge < -0.3 is 5.32 Å². The number of halogens is 3. The second-order valence-electron chi connectivity index (χ2n) is 8.74. The summed E-state index contributed by atoms with van der Waals surface area (Å²) in [6.07, 6.45) is 1.14. The van der Waals surface area contributed by atoms with E-state index in [9.17, 15) is 9.18 Å². The number of rotatable bonds is 2. The molecule has 3 aromatic rings. The smallest absolute Gasteiger partial charge is 0.226 e. The fraction of sp³-hybridized carbons (Fsp3) is 0.261. The Hall–Kier alpha value is -2.70. The summed E-state index contributed by atoms with van der Waals surface area (Å²) in [4.78, 5) is 17.9. The number of hydrogen-bond donors (Lipinski definition) is 1. The van der Waals surface area contributed by atoms with Crippen molar-refractivity contribution in [2.75, 3.05) is 5.32 Å². The highest BCUT2D eigenvalue weighted by atomic mass is 35.5. The molecule has 1 aromatic heterocycles. The van der Waals surface area contributed by atoms with Crippen LogP contribution in [-0.2, 0) is 4.79 Å². The Bertz CT molecular complexity index is 1250. The minimum atomic E-state index is -0.497. The van der Waals surface area contributed by atoms with Crippen LogP contribution >= 0.6 is 23.2 Å². The lowest BCUT2D eigenvalue weighted by Gasteiger charge is -2.38. The molecule has 0 saturated carbocycles. The molecule has 1 unspecified atom stereocenters. The molecule has 0 fully saturated rings. The van der Waals surface area contributed by atoms with Crippen LogP contribution in [0.5, 0.6) is 0 Å². The number of nitrogens with one attached hydrogen (secondary N) is 1. The van der Waals surface area contributed by atoms with Crippen LogP contribution in [0.2, 0.25) is 10.0 Å². The molecule has 5 rings (SSSR count). The number of benzene rings is 2. The van der Waals surface area contributed by atoms with Gasteiger partial charge in [-0.2, -0.15) is 4.98 Å². The summed E-state index contributed by atoms with van der Waals surface area (Å²) < 4.78 is 15.3. The van der Waals surface area contributed by atoms with E-state index in [-0.39, 0.29) is 17.0 Å². The standard InChI is InChI=1S/C23H19Cl2FN4O/c1-23(2)10-17-19(18(31)11-23)20(12-3-6-14(26)7-4-12)30-22(27-17)28-21(29-30)15-8-5-13(24)9-16(15)25/h3-9,20H,10-11H2,1-2H3,(H,27,28,29). The van der Waals surface area contributed by atoms with Crippen molar-refractivity contribution in [1.29, 1.82) is 0 Å². The SMILES string of the molecule is CC1(C)CC(=O)C2=C(C1)Nc1nc(-c3ccc(Cl)cc3Cl)nn1C2c1ccc(F)cc1. The summed E-state index contributed by atoms with van der Waals surface area (Å²) in [5.74, 6) is 0.651. The molecular formula is C23H19Cl2FN4O. The topological polar surface area (TPSA) is 59.8 Å². The number of aromatic nitrogens is 3. The minimum absolute atomic E-state index is 0.0558. The zero-order valence-electron chi connectivity index (χ0n) is 16.9. The molecule has 1 aliphatic heterocycles. The molecule has 158 valence electrons. The largest absolute Gasteiger partial charge is 0.328 e. The zero-order chi connectivity index (χ0) is 21.9. The third kappa shape index (κ3) is 3.54. The van der Waals surface area contributed by atoms with E-state index in [1.807, 2.05) is 0 Å². The third-order valence-corrected chi connectivity index (χ3v) is 6.24. The van der Waals surface area contributed by atoms with Crippen molar-refractivity contribution in [2.24, 2.45) is 5.41 Å². The van der Waals surface area contributed by atoms with Gasteiger partial charge in [-0.1, -0.05) is 49.2 Å². The van der Waals surface area contributed by atoms with Gasteiger partial charge in [-0.05, 0) is 47.7 Å². The Morgan fingerprint density at radius 2 is 1.87 bits per heavy atom. The van der Waals surface area contributed by atoms with E-state index in [1.54, 1.807) is 35.0 Å². The highest BCUT2D eigenvalue weighted by molar-refractivity contribution is 6.36. The van der Waals surface area contributed by atoms with E-state index in [2.05, 4.69) is 29.2 Å². The van der Waals surface area contributed by atoms with Gasteiger partial charge >= 0.3 is 0 Å². The Kier molecular flexibility index (Phi) is 4.68. The van der Waals surface area contributed by atoms with Crippen molar-refractivity contribution in [3.63, 3.8) is 0 Å². The van der Waals surface area contributed by atoms with Gasteiger partial charge in [-0.15, -0.1) is 5.10 Å².